The summed E-state index contributed by atoms with van der Waals surface area (Å²) in [5.41, 5.74) is 2.26. The molecule has 2 rings (SSSR count). The lowest BCUT2D eigenvalue weighted by molar-refractivity contribution is 0.276. The van der Waals surface area contributed by atoms with Gasteiger partial charge in [0.25, 0.3) is 0 Å². The Hall–Kier alpha value is -1.29. The number of nitrogens with one attached hydrogen (secondary N) is 1. The van der Waals surface area contributed by atoms with Crippen molar-refractivity contribution in [3.8, 4) is 0 Å². The second-order valence-electron chi connectivity index (χ2n) is 4.86. The Kier molecular flexibility index (Phi) is 4.81. The van der Waals surface area contributed by atoms with Crippen LogP contribution in [-0.2, 0) is 0 Å². The highest BCUT2D eigenvalue weighted by Gasteiger charge is 2.24. The van der Waals surface area contributed by atoms with Crippen LogP contribution in [0.15, 0.2) is 18.5 Å². The maximum absolute atomic E-state index is 9.11. The standard InChI is InChI=1S/C14H23N3O/c1-2-6-16-12-9-14(11-15-10-12)17-7-3-4-13(17)5-8-18/h9-11,13,16,18H,2-8H2,1H3. The minimum atomic E-state index is 0.266. The van der Waals surface area contributed by atoms with Crippen molar-refractivity contribution in [2.75, 3.05) is 29.9 Å². The van der Waals surface area contributed by atoms with Gasteiger partial charge in [0.15, 0.2) is 0 Å². The number of nitrogens with zero attached hydrogens (tertiary/aromatic N) is 2. The lowest BCUT2D eigenvalue weighted by Crippen LogP contribution is -2.30. The Morgan fingerprint density at radius 2 is 2.39 bits per heavy atom. The van der Waals surface area contributed by atoms with Crippen molar-refractivity contribution in [2.45, 2.75) is 38.6 Å². The Morgan fingerprint density at radius 3 is 3.17 bits per heavy atom. The SMILES string of the molecule is CCCNc1cncc(N2CCCC2CCO)c1. The topological polar surface area (TPSA) is 48.4 Å². The van der Waals surface area contributed by atoms with E-state index >= 15 is 0 Å². The summed E-state index contributed by atoms with van der Waals surface area (Å²) in [5, 5.41) is 12.5. The number of aliphatic hydroxyl groups excluding tert-OH is 1. The molecular formula is C14H23N3O. The summed E-state index contributed by atoms with van der Waals surface area (Å²) in [6.45, 7) is 4.47. The molecule has 1 aromatic rings. The first-order valence-corrected chi connectivity index (χ1v) is 6.91. The smallest absolute Gasteiger partial charge is 0.0576 e. The van der Waals surface area contributed by atoms with Crippen LogP contribution in [0.4, 0.5) is 11.4 Å². The summed E-state index contributed by atoms with van der Waals surface area (Å²) in [4.78, 5) is 6.69. The van der Waals surface area contributed by atoms with Crippen LogP contribution in [0.5, 0.6) is 0 Å². The van der Waals surface area contributed by atoms with Crippen molar-refractivity contribution in [3.05, 3.63) is 18.5 Å². The summed E-state index contributed by atoms with van der Waals surface area (Å²) >= 11 is 0. The molecule has 2 heterocycles. The van der Waals surface area contributed by atoms with E-state index in [4.69, 9.17) is 5.11 Å². The van der Waals surface area contributed by atoms with Crippen LogP contribution in [0.1, 0.15) is 32.6 Å². The predicted molar refractivity (Wildman–Crippen MR) is 75.1 cm³/mol. The van der Waals surface area contributed by atoms with Crippen LogP contribution >= 0.6 is 0 Å². The first kappa shape index (κ1) is 13.1. The molecule has 0 saturated carbocycles. The van der Waals surface area contributed by atoms with Gasteiger partial charge in [0, 0.05) is 25.7 Å². The summed E-state index contributed by atoms with van der Waals surface area (Å²) < 4.78 is 0. The van der Waals surface area contributed by atoms with E-state index in [-0.39, 0.29) is 6.61 Å². The zero-order valence-electron chi connectivity index (χ0n) is 11.1. The van der Waals surface area contributed by atoms with Crippen LogP contribution < -0.4 is 10.2 Å². The fourth-order valence-electron chi connectivity index (χ4n) is 2.58. The molecule has 1 fully saturated rings. The molecule has 0 amide bonds. The van der Waals surface area contributed by atoms with Gasteiger partial charge in [-0.15, -0.1) is 0 Å². The molecule has 0 radical (unpaired) electrons. The Morgan fingerprint density at radius 1 is 1.50 bits per heavy atom. The average Bonchev–Trinajstić information content (AvgIpc) is 2.85. The number of hydrogen-bond acceptors (Lipinski definition) is 4. The number of hydrogen-bond donors (Lipinski definition) is 2. The molecule has 0 bridgehead atoms. The summed E-state index contributed by atoms with van der Waals surface area (Å²) in [6.07, 6.45) is 8.14. The van der Waals surface area contributed by atoms with Gasteiger partial charge in [-0.2, -0.15) is 0 Å². The minimum Gasteiger partial charge on any atom is -0.396 e. The average molecular weight is 249 g/mol. The molecule has 0 aromatic carbocycles. The minimum absolute atomic E-state index is 0.266. The quantitative estimate of drug-likeness (QED) is 0.812. The molecule has 1 aliphatic rings. The molecule has 4 heteroatoms. The van der Waals surface area contributed by atoms with Crippen molar-refractivity contribution in [1.82, 2.24) is 4.98 Å². The van der Waals surface area contributed by atoms with E-state index in [1.54, 1.807) is 0 Å². The summed E-state index contributed by atoms with van der Waals surface area (Å²) in [6, 6.07) is 2.64. The molecule has 1 aromatic heterocycles. The summed E-state index contributed by atoms with van der Waals surface area (Å²) in [7, 11) is 0. The van der Waals surface area contributed by atoms with E-state index in [2.05, 4.69) is 28.2 Å². The zero-order chi connectivity index (χ0) is 12.8. The van der Waals surface area contributed by atoms with Crippen LogP contribution in [0.3, 0.4) is 0 Å². The van der Waals surface area contributed by atoms with Crippen molar-refractivity contribution >= 4 is 11.4 Å². The van der Waals surface area contributed by atoms with E-state index < -0.39 is 0 Å². The van der Waals surface area contributed by atoms with Crippen LogP contribution in [0.2, 0.25) is 0 Å². The lowest BCUT2D eigenvalue weighted by Gasteiger charge is -2.26. The Balaban J connectivity index is 2.07. The van der Waals surface area contributed by atoms with Gasteiger partial charge >= 0.3 is 0 Å². The third kappa shape index (κ3) is 3.13. The lowest BCUT2D eigenvalue weighted by atomic mass is 10.1. The highest BCUT2D eigenvalue weighted by Crippen LogP contribution is 2.28. The predicted octanol–water partition coefficient (Wildman–Crippen LogP) is 2.25. The summed E-state index contributed by atoms with van der Waals surface area (Å²) in [5.74, 6) is 0. The molecule has 0 spiro atoms. The van der Waals surface area contributed by atoms with Crippen molar-refractivity contribution < 1.29 is 5.11 Å². The van der Waals surface area contributed by atoms with Gasteiger partial charge in [-0.1, -0.05) is 6.92 Å². The largest absolute Gasteiger partial charge is 0.396 e. The van der Waals surface area contributed by atoms with Crippen LogP contribution in [0.25, 0.3) is 0 Å². The number of pyridine rings is 1. The van der Waals surface area contributed by atoms with E-state index in [0.29, 0.717) is 6.04 Å². The Labute approximate surface area is 109 Å². The van der Waals surface area contributed by atoms with Crippen molar-refractivity contribution in [1.29, 1.82) is 0 Å². The van der Waals surface area contributed by atoms with Crippen molar-refractivity contribution in [2.24, 2.45) is 0 Å². The van der Waals surface area contributed by atoms with Gasteiger partial charge in [-0.25, -0.2) is 0 Å². The monoisotopic (exact) mass is 249 g/mol. The maximum Gasteiger partial charge on any atom is 0.0576 e. The second kappa shape index (κ2) is 6.59. The molecular weight excluding hydrogens is 226 g/mol. The first-order valence-electron chi connectivity index (χ1n) is 6.91. The van der Waals surface area contributed by atoms with Gasteiger partial charge < -0.3 is 15.3 Å². The maximum atomic E-state index is 9.11. The molecule has 18 heavy (non-hydrogen) atoms. The molecule has 1 unspecified atom stereocenters. The van der Waals surface area contributed by atoms with Gasteiger partial charge in [0.1, 0.15) is 0 Å². The molecule has 1 saturated heterocycles. The molecule has 100 valence electrons. The molecule has 2 N–H and O–H groups in total. The normalized spacial score (nSPS) is 19.2. The zero-order valence-corrected chi connectivity index (χ0v) is 11.1. The fourth-order valence-corrected chi connectivity index (χ4v) is 2.58. The third-order valence-electron chi connectivity index (χ3n) is 3.47. The van der Waals surface area contributed by atoms with E-state index in [1.165, 1.54) is 18.5 Å². The molecule has 0 aliphatic carbocycles. The van der Waals surface area contributed by atoms with Crippen LogP contribution in [0, 0.1) is 0 Å². The Bertz CT molecular complexity index is 370. The third-order valence-corrected chi connectivity index (χ3v) is 3.47. The highest BCUT2D eigenvalue weighted by atomic mass is 16.3. The van der Waals surface area contributed by atoms with Gasteiger partial charge in [0.2, 0.25) is 0 Å². The van der Waals surface area contributed by atoms with Gasteiger partial charge in [-0.3, -0.25) is 4.98 Å². The molecule has 4 nitrogen and oxygen atoms in total. The van der Waals surface area contributed by atoms with Crippen molar-refractivity contribution in [3.63, 3.8) is 0 Å². The van der Waals surface area contributed by atoms with E-state index in [9.17, 15) is 0 Å². The first-order chi connectivity index (χ1) is 8.85. The van der Waals surface area contributed by atoms with Gasteiger partial charge in [0.05, 0.1) is 23.8 Å². The molecule has 1 aliphatic heterocycles. The fraction of sp³-hybridized carbons (Fsp3) is 0.643. The highest BCUT2D eigenvalue weighted by molar-refractivity contribution is 5.56. The van der Waals surface area contributed by atoms with E-state index in [0.717, 1.165) is 31.6 Å². The number of rotatable bonds is 6. The second-order valence-corrected chi connectivity index (χ2v) is 4.86. The van der Waals surface area contributed by atoms with Gasteiger partial charge in [-0.05, 0) is 31.7 Å². The number of aliphatic hydroxyl groups is 1. The van der Waals surface area contributed by atoms with E-state index in [1.807, 2.05) is 12.4 Å². The molecule has 1 atom stereocenters. The number of anilines is 2. The number of aromatic nitrogens is 1. The van der Waals surface area contributed by atoms with Crippen LogP contribution in [-0.4, -0.2) is 35.8 Å².